The molecule has 0 radical (unpaired) electrons. The SMILES string of the molecule is Cc1ccc(S(=O)(=O)CC(C)Cl)cc1. The molecule has 14 heavy (non-hydrogen) atoms. The van der Waals surface area contributed by atoms with Gasteiger partial charge >= 0.3 is 0 Å². The van der Waals surface area contributed by atoms with Crippen LogP contribution in [-0.4, -0.2) is 19.5 Å². The minimum Gasteiger partial charge on any atom is -0.224 e. The maximum Gasteiger partial charge on any atom is 0.179 e. The molecule has 4 heteroatoms. The summed E-state index contributed by atoms with van der Waals surface area (Å²) < 4.78 is 23.3. The molecule has 1 atom stereocenters. The molecule has 0 aromatic heterocycles. The average Bonchev–Trinajstić information content (AvgIpc) is 2.02. The molecule has 2 nitrogen and oxygen atoms in total. The molecule has 0 N–H and O–H groups in total. The highest BCUT2D eigenvalue weighted by atomic mass is 35.5. The number of rotatable bonds is 3. The smallest absolute Gasteiger partial charge is 0.179 e. The van der Waals surface area contributed by atoms with Gasteiger partial charge in [-0.25, -0.2) is 8.42 Å². The van der Waals surface area contributed by atoms with Crippen molar-refractivity contribution in [3.05, 3.63) is 29.8 Å². The lowest BCUT2D eigenvalue weighted by molar-refractivity contribution is 0.595. The number of halogens is 1. The first-order valence-electron chi connectivity index (χ1n) is 4.35. The second-order valence-corrected chi connectivity index (χ2v) is 6.15. The molecule has 1 rings (SSSR count). The number of hydrogen-bond acceptors (Lipinski definition) is 2. The molecule has 0 saturated carbocycles. The molecular weight excluding hydrogens is 220 g/mol. The first-order valence-corrected chi connectivity index (χ1v) is 6.44. The van der Waals surface area contributed by atoms with E-state index in [1.165, 1.54) is 0 Å². The number of hydrogen-bond donors (Lipinski definition) is 0. The van der Waals surface area contributed by atoms with Gasteiger partial charge in [0.1, 0.15) is 0 Å². The van der Waals surface area contributed by atoms with Crippen LogP contribution in [0.25, 0.3) is 0 Å². The van der Waals surface area contributed by atoms with E-state index >= 15 is 0 Å². The van der Waals surface area contributed by atoms with E-state index in [9.17, 15) is 8.42 Å². The second-order valence-electron chi connectivity index (χ2n) is 3.38. The van der Waals surface area contributed by atoms with Gasteiger partial charge in [-0.2, -0.15) is 0 Å². The molecule has 0 aliphatic carbocycles. The molecule has 0 saturated heterocycles. The van der Waals surface area contributed by atoms with Crippen molar-refractivity contribution in [1.29, 1.82) is 0 Å². The minimum absolute atomic E-state index is 0.0163. The fraction of sp³-hybridized carbons (Fsp3) is 0.400. The van der Waals surface area contributed by atoms with Crippen LogP contribution in [0.4, 0.5) is 0 Å². The van der Waals surface area contributed by atoms with Gasteiger partial charge in [-0.1, -0.05) is 17.7 Å². The molecule has 0 bridgehead atoms. The molecule has 1 unspecified atom stereocenters. The molecule has 1 aromatic carbocycles. The van der Waals surface area contributed by atoms with Crippen molar-refractivity contribution in [3.8, 4) is 0 Å². The Hall–Kier alpha value is -0.540. The van der Waals surface area contributed by atoms with E-state index < -0.39 is 9.84 Å². The maximum atomic E-state index is 11.7. The quantitative estimate of drug-likeness (QED) is 0.750. The Kier molecular flexibility index (Phi) is 3.56. The van der Waals surface area contributed by atoms with Gasteiger partial charge in [0.15, 0.2) is 9.84 Å². The van der Waals surface area contributed by atoms with E-state index in [0.29, 0.717) is 4.90 Å². The van der Waals surface area contributed by atoms with E-state index in [1.807, 2.05) is 6.92 Å². The van der Waals surface area contributed by atoms with Gasteiger partial charge in [-0.15, -0.1) is 11.6 Å². The molecule has 0 amide bonds. The first kappa shape index (κ1) is 11.5. The van der Waals surface area contributed by atoms with E-state index in [4.69, 9.17) is 11.6 Å². The molecule has 0 heterocycles. The summed E-state index contributed by atoms with van der Waals surface area (Å²) in [5.74, 6) is -0.0163. The van der Waals surface area contributed by atoms with Crippen LogP contribution in [0, 0.1) is 6.92 Å². The standard InChI is InChI=1S/C10H13ClO2S/c1-8-3-5-10(6-4-8)14(12,13)7-9(2)11/h3-6,9H,7H2,1-2H3. The topological polar surface area (TPSA) is 34.1 Å². The zero-order valence-corrected chi connectivity index (χ0v) is 9.77. The van der Waals surface area contributed by atoms with Gasteiger partial charge in [0.2, 0.25) is 0 Å². The summed E-state index contributed by atoms with van der Waals surface area (Å²) in [7, 11) is -3.21. The van der Waals surface area contributed by atoms with Crippen LogP contribution in [0.15, 0.2) is 29.2 Å². The summed E-state index contributed by atoms with van der Waals surface area (Å²) in [6.45, 7) is 3.59. The third kappa shape index (κ3) is 3.00. The Morgan fingerprint density at radius 3 is 2.21 bits per heavy atom. The number of benzene rings is 1. The van der Waals surface area contributed by atoms with Crippen LogP contribution in [-0.2, 0) is 9.84 Å². The summed E-state index contributed by atoms with van der Waals surface area (Å²) in [5.41, 5.74) is 1.04. The first-order chi connectivity index (χ1) is 6.42. The second kappa shape index (κ2) is 4.32. The van der Waals surface area contributed by atoms with Crippen LogP contribution < -0.4 is 0 Å². The highest BCUT2D eigenvalue weighted by Crippen LogP contribution is 2.14. The Morgan fingerprint density at radius 2 is 1.79 bits per heavy atom. The molecule has 0 aliphatic heterocycles. The minimum atomic E-state index is -3.21. The van der Waals surface area contributed by atoms with Crippen molar-refractivity contribution < 1.29 is 8.42 Å². The van der Waals surface area contributed by atoms with Crippen molar-refractivity contribution in [2.45, 2.75) is 24.1 Å². The van der Waals surface area contributed by atoms with Crippen LogP contribution in [0.1, 0.15) is 12.5 Å². The van der Waals surface area contributed by atoms with Crippen molar-refractivity contribution in [3.63, 3.8) is 0 Å². The summed E-state index contributed by atoms with van der Waals surface area (Å²) in [4.78, 5) is 0.343. The van der Waals surface area contributed by atoms with Crippen LogP contribution >= 0.6 is 11.6 Å². The highest BCUT2D eigenvalue weighted by molar-refractivity contribution is 7.91. The maximum absolute atomic E-state index is 11.7. The molecule has 78 valence electrons. The lowest BCUT2D eigenvalue weighted by Crippen LogP contribution is -2.13. The number of sulfone groups is 1. The predicted octanol–water partition coefficient (Wildman–Crippen LogP) is 2.40. The Balaban J connectivity index is 2.99. The van der Waals surface area contributed by atoms with Gasteiger partial charge in [0.25, 0.3) is 0 Å². The Morgan fingerprint density at radius 1 is 1.29 bits per heavy atom. The van der Waals surface area contributed by atoms with Crippen molar-refractivity contribution >= 4 is 21.4 Å². The van der Waals surface area contributed by atoms with Crippen LogP contribution in [0.2, 0.25) is 0 Å². The highest BCUT2D eigenvalue weighted by Gasteiger charge is 2.16. The van der Waals surface area contributed by atoms with Gasteiger partial charge in [-0.3, -0.25) is 0 Å². The fourth-order valence-corrected chi connectivity index (χ4v) is 2.99. The van der Waals surface area contributed by atoms with E-state index in [1.54, 1.807) is 31.2 Å². The molecule has 0 spiro atoms. The van der Waals surface area contributed by atoms with Crippen molar-refractivity contribution in [2.75, 3.05) is 5.75 Å². The van der Waals surface area contributed by atoms with Crippen LogP contribution in [0.5, 0.6) is 0 Å². The summed E-state index contributed by atoms with van der Waals surface area (Å²) >= 11 is 5.66. The Bertz CT molecular complexity index is 393. The summed E-state index contributed by atoms with van der Waals surface area (Å²) in [6.07, 6.45) is 0. The third-order valence-corrected chi connectivity index (χ3v) is 4.10. The van der Waals surface area contributed by atoms with Crippen molar-refractivity contribution in [1.82, 2.24) is 0 Å². The van der Waals surface area contributed by atoms with Gasteiger partial charge in [-0.05, 0) is 26.0 Å². The van der Waals surface area contributed by atoms with Gasteiger partial charge < -0.3 is 0 Å². The number of aryl methyl sites for hydroxylation is 1. The lowest BCUT2D eigenvalue weighted by Gasteiger charge is -2.05. The summed E-state index contributed by atoms with van der Waals surface area (Å²) in [5, 5.41) is -0.360. The molecular formula is C10H13ClO2S. The fourth-order valence-electron chi connectivity index (χ4n) is 1.14. The van der Waals surface area contributed by atoms with E-state index in [0.717, 1.165) is 5.56 Å². The lowest BCUT2D eigenvalue weighted by atomic mass is 10.2. The third-order valence-electron chi connectivity index (χ3n) is 1.83. The zero-order chi connectivity index (χ0) is 10.8. The molecule has 0 fully saturated rings. The van der Waals surface area contributed by atoms with Crippen molar-refractivity contribution in [2.24, 2.45) is 0 Å². The molecule has 0 aliphatic rings. The monoisotopic (exact) mass is 232 g/mol. The largest absolute Gasteiger partial charge is 0.224 e. The van der Waals surface area contributed by atoms with E-state index in [-0.39, 0.29) is 11.1 Å². The average molecular weight is 233 g/mol. The van der Waals surface area contributed by atoms with Crippen LogP contribution in [0.3, 0.4) is 0 Å². The predicted molar refractivity (Wildman–Crippen MR) is 58.5 cm³/mol. The molecule has 1 aromatic rings. The number of alkyl halides is 1. The van der Waals surface area contributed by atoms with Gasteiger partial charge in [0.05, 0.1) is 10.6 Å². The Labute approximate surface area is 89.8 Å². The van der Waals surface area contributed by atoms with Gasteiger partial charge in [0, 0.05) is 5.38 Å². The summed E-state index contributed by atoms with van der Waals surface area (Å²) in [6, 6.07) is 6.80. The zero-order valence-electron chi connectivity index (χ0n) is 8.20. The normalized spacial score (nSPS) is 13.9. The van der Waals surface area contributed by atoms with E-state index in [2.05, 4.69) is 0 Å².